The van der Waals surface area contributed by atoms with Crippen LogP contribution < -0.4 is 11.1 Å². The minimum atomic E-state index is -0.148. The fourth-order valence-electron chi connectivity index (χ4n) is 3.16. The molecular weight excluding hydrogens is 320 g/mol. The number of aromatic nitrogens is 2. The minimum Gasteiger partial charge on any atom is -0.349 e. The number of hydrogen-bond acceptors (Lipinski definition) is 4. The van der Waals surface area contributed by atoms with E-state index in [1.165, 1.54) is 10.4 Å². The number of amides is 1. The van der Waals surface area contributed by atoms with Crippen LogP contribution in [0.1, 0.15) is 20.9 Å². The Bertz CT molecular complexity index is 882. The summed E-state index contributed by atoms with van der Waals surface area (Å²) in [5.74, 6) is -0.148. The molecule has 5 nitrogen and oxygen atoms in total. The molecule has 0 saturated carbocycles. The van der Waals surface area contributed by atoms with Gasteiger partial charge in [-0.15, -0.1) is 11.3 Å². The van der Waals surface area contributed by atoms with Crippen LogP contribution in [0.25, 0.3) is 16.9 Å². The van der Waals surface area contributed by atoms with Gasteiger partial charge in [-0.1, -0.05) is 18.2 Å². The molecule has 3 N–H and O–H groups in total. The Morgan fingerprint density at radius 1 is 1.25 bits per heavy atom. The van der Waals surface area contributed by atoms with Crippen molar-refractivity contribution in [3.63, 3.8) is 0 Å². The van der Waals surface area contributed by atoms with Gasteiger partial charge in [-0.25, -0.2) is 4.68 Å². The van der Waals surface area contributed by atoms with E-state index in [4.69, 9.17) is 5.73 Å². The fourth-order valence-corrected chi connectivity index (χ4v) is 4.04. The van der Waals surface area contributed by atoms with Crippen molar-refractivity contribution in [2.45, 2.75) is 12.8 Å². The molecule has 0 unspecified atom stereocenters. The summed E-state index contributed by atoms with van der Waals surface area (Å²) < 4.78 is 1.90. The van der Waals surface area contributed by atoms with Gasteiger partial charge in [0.15, 0.2) is 5.69 Å². The number of carbonyl (C=O) groups is 1. The summed E-state index contributed by atoms with van der Waals surface area (Å²) in [4.78, 5) is 13.9. The molecular formula is C18H18N4OS. The van der Waals surface area contributed by atoms with Crippen molar-refractivity contribution in [1.29, 1.82) is 0 Å². The van der Waals surface area contributed by atoms with Crippen LogP contribution in [-0.4, -0.2) is 28.8 Å². The Balaban J connectivity index is 1.89. The van der Waals surface area contributed by atoms with E-state index >= 15 is 0 Å². The number of thiophene rings is 1. The van der Waals surface area contributed by atoms with Crippen molar-refractivity contribution >= 4 is 17.2 Å². The van der Waals surface area contributed by atoms with Gasteiger partial charge in [0.05, 0.1) is 11.4 Å². The molecule has 0 aliphatic heterocycles. The summed E-state index contributed by atoms with van der Waals surface area (Å²) >= 11 is 1.77. The molecule has 1 aliphatic carbocycles. The van der Waals surface area contributed by atoms with Crippen molar-refractivity contribution in [3.8, 4) is 16.9 Å². The normalized spacial score (nSPS) is 12.5. The second-order valence-corrected chi connectivity index (χ2v) is 6.73. The Morgan fingerprint density at radius 2 is 2.08 bits per heavy atom. The van der Waals surface area contributed by atoms with Crippen molar-refractivity contribution in [2.24, 2.45) is 5.73 Å². The van der Waals surface area contributed by atoms with E-state index in [1.807, 2.05) is 35.0 Å². The van der Waals surface area contributed by atoms with Gasteiger partial charge in [-0.3, -0.25) is 4.79 Å². The molecule has 4 rings (SSSR count). The molecule has 2 heterocycles. The largest absolute Gasteiger partial charge is 0.349 e. The highest BCUT2D eigenvalue weighted by molar-refractivity contribution is 7.10. The average Bonchev–Trinajstić information content (AvgIpc) is 3.24. The van der Waals surface area contributed by atoms with E-state index in [9.17, 15) is 4.79 Å². The van der Waals surface area contributed by atoms with Gasteiger partial charge in [-0.2, -0.15) is 5.10 Å². The maximum absolute atomic E-state index is 12.5. The third-order valence-corrected chi connectivity index (χ3v) is 5.21. The molecule has 0 spiro atoms. The Kier molecular flexibility index (Phi) is 3.92. The summed E-state index contributed by atoms with van der Waals surface area (Å²) in [7, 11) is 0. The molecule has 6 heteroatoms. The number of aryl methyl sites for hydroxylation is 1. The minimum absolute atomic E-state index is 0.148. The molecule has 1 aromatic carbocycles. The van der Waals surface area contributed by atoms with Crippen LogP contribution in [0.4, 0.5) is 0 Å². The molecule has 0 fully saturated rings. The van der Waals surface area contributed by atoms with Gasteiger partial charge in [0.25, 0.3) is 5.91 Å². The van der Waals surface area contributed by atoms with Crippen LogP contribution in [0.5, 0.6) is 0 Å². The van der Waals surface area contributed by atoms with Crippen LogP contribution in [0.2, 0.25) is 0 Å². The average molecular weight is 338 g/mol. The number of nitrogens with zero attached hydrogens (tertiary/aromatic N) is 2. The van der Waals surface area contributed by atoms with Crippen molar-refractivity contribution in [1.82, 2.24) is 15.1 Å². The van der Waals surface area contributed by atoms with Crippen LogP contribution in [0.3, 0.4) is 0 Å². The van der Waals surface area contributed by atoms with Crippen LogP contribution >= 0.6 is 11.3 Å². The summed E-state index contributed by atoms with van der Waals surface area (Å²) in [6.07, 6.45) is 1.79. The Hall–Kier alpha value is -2.44. The third-order valence-electron chi connectivity index (χ3n) is 4.23. The number of hydrogen-bond donors (Lipinski definition) is 2. The maximum atomic E-state index is 12.5. The molecule has 3 aromatic rings. The second-order valence-electron chi connectivity index (χ2n) is 5.73. The zero-order valence-corrected chi connectivity index (χ0v) is 14.0. The molecule has 2 aromatic heterocycles. The first-order valence-electron chi connectivity index (χ1n) is 8.02. The summed E-state index contributed by atoms with van der Waals surface area (Å²) in [5.41, 5.74) is 10.2. The third kappa shape index (κ3) is 2.44. The van der Waals surface area contributed by atoms with Gasteiger partial charge in [0.2, 0.25) is 0 Å². The summed E-state index contributed by atoms with van der Waals surface area (Å²) in [6.45, 7) is 0.873. The van der Waals surface area contributed by atoms with E-state index in [-0.39, 0.29) is 5.91 Å². The predicted molar refractivity (Wildman–Crippen MR) is 95.7 cm³/mol. The molecule has 24 heavy (non-hydrogen) atoms. The molecule has 0 radical (unpaired) electrons. The topological polar surface area (TPSA) is 72.9 Å². The summed E-state index contributed by atoms with van der Waals surface area (Å²) in [5, 5.41) is 9.61. The highest BCUT2D eigenvalue weighted by atomic mass is 32.1. The van der Waals surface area contributed by atoms with Crippen LogP contribution in [0.15, 0.2) is 41.8 Å². The number of rotatable bonds is 4. The highest BCUT2D eigenvalue weighted by Crippen LogP contribution is 2.39. The first kappa shape index (κ1) is 15.1. The predicted octanol–water partition coefficient (Wildman–Crippen LogP) is 2.39. The van der Waals surface area contributed by atoms with Gasteiger partial charge in [-0.05, 0) is 36.4 Å². The van der Waals surface area contributed by atoms with E-state index in [0.717, 1.165) is 29.8 Å². The number of carbonyl (C=O) groups excluding carboxylic acids is 1. The summed E-state index contributed by atoms with van der Waals surface area (Å²) in [6, 6.07) is 12.1. The quantitative estimate of drug-likeness (QED) is 0.767. The lowest BCUT2D eigenvalue weighted by Gasteiger charge is -2.15. The first-order chi connectivity index (χ1) is 11.8. The van der Waals surface area contributed by atoms with Crippen LogP contribution in [0, 0.1) is 0 Å². The van der Waals surface area contributed by atoms with Crippen molar-refractivity contribution in [2.75, 3.05) is 13.1 Å². The van der Waals surface area contributed by atoms with Crippen molar-refractivity contribution in [3.05, 3.63) is 57.9 Å². The van der Waals surface area contributed by atoms with E-state index in [1.54, 1.807) is 11.3 Å². The maximum Gasteiger partial charge on any atom is 0.272 e. The van der Waals surface area contributed by atoms with E-state index in [2.05, 4.69) is 21.9 Å². The standard InChI is InChI=1S/C18H18N4OS/c19-9-10-20-18(23)16-14-6-7-15-13(8-11-24-15)17(14)22(21-16)12-4-2-1-3-5-12/h1-5,8,11H,6-7,9-10,19H2,(H,20,23). The van der Waals surface area contributed by atoms with Gasteiger partial charge in [0, 0.05) is 29.1 Å². The van der Waals surface area contributed by atoms with Crippen LogP contribution in [-0.2, 0) is 12.8 Å². The molecule has 1 amide bonds. The molecule has 0 bridgehead atoms. The highest BCUT2D eigenvalue weighted by Gasteiger charge is 2.29. The number of para-hydroxylation sites is 1. The Labute approximate surface area is 144 Å². The smallest absolute Gasteiger partial charge is 0.272 e. The SMILES string of the molecule is NCCNC(=O)c1nn(-c2ccccc2)c2c1CCc1sccc1-2. The lowest BCUT2D eigenvalue weighted by molar-refractivity contribution is 0.0948. The molecule has 1 aliphatic rings. The molecule has 122 valence electrons. The van der Waals surface area contributed by atoms with E-state index in [0.29, 0.717) is 18.8 Å². The lowest BCUT2D eigenvalue weighted by atomic mass is 9.94. The number of benzene rings is 1. The number of fused-ring (bicyclic) bond motifs is 3. The number of nitrogens with two attached hydrogens (primary N) is 1. The van der Waals surface area contributed by atoms with Gasteiger partial charge in [0.1, 0.15) is 0 Å². The second kappa shape index (κ2) is 6.22. The van der Waals surface area contributed by atoms with E-state index < -0.39 is 0 Å². The Morgan fingerprint density at radius 3 is 2.88 bits per heavy atom. The monoisotopic (exact) mass is 338 g/mol. The fraction of sp³-hybridized carbons (Fsp3) is 0.222. The first-order valence-corrected chi connectivity index (χ1v) is 8.90. The zero-order valence-electron chi connectivity index (χ0n) is 13.2. The van der Waals surface area contributed by atoms with Gasteiger partial charge >= 0.3 is 0 Å². The van der Waals surface area contributed by atoms with Gasteiger partial charge < -0.3 is 11.1 Å². The number of nitrogens with one attached hydrogen (secondary N) is 1. The molecule has 0 saturated heterocycles. The molecule has 0 atom stereocenters. The lowest BCUT2D eigenvalue weighted by Crippen LogP contribution is -2.30. The van der Waals surface area contributed by atoms with Crippen molar-refractivity contribution < 1.29 is 4.79 Å². The zero-order chi connectivity index (χ0) is 16.5.